The van der Waals surface area contributed by atoms with Crippen molar-refractivity contribution in [3.63, 3.8) is 0 Å². The molecule has 0 spiro atoms. The predicted octanol–water partition coefficient (Wildman–Crippen LogP) is 2.91. The molecule has 3 aromatic rings. The monoisotopic (exact) mass is 379 g/mol. The molecule has 3 rings (SSSR count). The largest absolute Gasteiger partial charge is 0.448 e. The molecule has 2 aromatic carbocycles. The Hall–Kier alpha value is -3.48. The number of rotatable bonds is 5. The van der Waals surface area contributed by atoms with Crippen LogP contribution in [0.4, 0.5) is 5.69 Å². The van der Waals surface area contributed by atoms with Gasteiger partial charge in [-0.05, 0) is 39.0 Å². The first-order valence-electron chi connectivity index (χ1n) is 8.99. The Morgan fingerprint density at radius 1 is 1.11 bits per heavy atom. The van der Waals surface area contributed by atoms with Crippen molar-refractivity contribution in [1.29, 1.82) is 0 Å². The Kier molecular flexibility index (Phi) is 5.54. The van der Waals surface area contributed by atoms with Crippen molar-refractivity contribution in [2.24, 2.45) is 0 Å². The Bertz CT molecular complexity index is 1090. The van der Waals surface area contributed by atoms with Gasteiger partial charge >= 0.3 is 5.97 Å². The average Bonchev–Trinajstić information content (AvgIpc) is 2.70. The molecule has 1 heterocycles. The maximum absolute atomic E-state index is 12.7. The molecule has 1 N–H and O–H groups in total. The number of hydrogen-bond donors (Lipinski definition) is 1. The molecule has 0 fully saturated rings. The lowest BCUT2D eigenvalue weighted by Crippen LogP contribution is -2.31. The molecule has 1 amide bonds. The summed E-state index contributed by atoms with van der Waals surface area (Å²) in [4.78, 5) is 37.4. The smallest absolute Gasteiger partial charge is 0.360 e. The molecule has 0 bridgehead atoms. The van der Waals surface area contributed by atoms with Crippen molar-refractivity contribution >= 4 is 28.3 Å². The fraction of sp³-hybridized carbons (Fsp3) is 0.238. The zero-order chi connectivity index (χ0) is 20.3. The van der Waals surface area contributed by atoms with Gasteiger partial charge < -0.3 is 10.1 Å². The molecule has 1 aromatic heterocycles. The summed E-state index contributed by atoms with van der Waals surface area (Å²) in [6.45, 7) is 5.51. The van der Waals surface area contributed by atoms with Gasteiger partial charge in [-0.15, -0.1) is 0 Å². The minimum atomic E-state index is -1.03. The fourth-order valence-corrected chi connectivity index (χ4v) is 2.75. The number of fused-ring (bicyclic) bond motifs is 1. The van der Waals surface area contributed by atoms with Crippen LogP contribution in [0.5, 0.6) is 0 Å². The van der Waals surface area contributed by atoms with E-state index in [-0.39, 0.29) is 11.3 Å². The third kappa shape index (κ3) is 3.93. The fourth-order valence-electron chi connectivity index (χ4n) is 2.75. The van der Waals surface area contributed by atoms with Crippen LogP contribution < -0.4 is 10.9 Å². The molecule has 7 heteroatoms. The summed E-state index contributed by atoms with van der Waals surface area (Å²) < 4.78 is 6.52. The number of amides is 1. The predicted molar refractivity (Wildman–Crippen MR) is 106 cm³/mol. The van der Waals surface area contributed by atoms with Crippen molar-refractivity contribution in [3.05, 3.63) is 70.1 Å². The van der Waals surface area contributed by atoms with Gasteiger partial charge in [0.1, 0.15) is 0 Å². The van der Waals surface area contributed by atoms with Crippen molar-refractivity contribution in [1.82, 2.24) is 9.78 Å². The Morgan fingerprint density at radius 2 is 1.75 bits per heavy atom. The number of nitrogens with one attached hydrogen (secondary N) is 1. The number of aromatic nitrogens is 2. The van der Waals surface area contributed by atoms with Crippen molar-refractivity contribution in [2.45, 2.75) is 33.4 Å². The van der Waals surface area contributed by atoms with Crippen LogP contribution >= 0.6 is 0 Å². The highest BCUT2D eigenvalue weighted by atomic mass is 16.5. The maximum Gasteiger partial charge on any atom is 0.360 e. The maximum atomic E-state index is 12.7. The van der Waals surface area contributed by atoms with Crippen molar-refractivity contribution < 1.29 is 14.3 Å². The number of anilines is 1. The van der Waals surface area contributed by atoms with E-state index in [0.29, 0.717) is 23.0 Å². The lowest BCUT2D eigenvalue weighted by atomic mass is 10.1. The SMILES string of the molecule is CCn1nc(C(=O)O[C@H](C)C(=O)Nc2ccc(C)cc2)c2ccccc2c1=O. The minimum absolute atomic E-state index is 0.00651. The summed E-state index contributed by atoms with van der Waals surface area (Å²) in [5.41, 5.74) is 1.41. The Morgan fingerprint density at radius 3 is 2.39 bits per heavy atom. The minimum Gasteiger partial charge on any atom is -0.448 e. The number of nitrogens with zero attached hydrogens (tertiary/aromatic N) is 2. The number of ether oxygens (including phenoxy) is 1. The molecule has 0 radical (unpaired) electrons. The van der Waals surface area contributed by atoms with Crippen LogP contribution in [-0.4, -0.2) is 27.8 Å². The first-order valence-corrected chi connectivity index (χ1v) is 8.99. The molecule has 28 heavy (non-hydrogen) atoms. The molecule has 0 aliphatic rings. The van der Waals surface area contributed by atoms with Crippen LogP contribution in [0.25, 0.3) is 10.8 Å². The second kappa shape index (κ2) is 8.04. The second-order valence-electron chi connectivity index (χ2n) is 6.42. The van der Waals surface area contributed by atoms with Gasteiger partial charge in [0.2, 0.25) is 0 Å². The van der Waals surface area contributed by atoms with Crippen LogP contribution in [0.1, 0.15) is 29.9 Å². The van der Waals surface area contributed by atoms with E-state index >= 15 is 0 Å². The molecule has 0 aliphatic heterocycles. The van der Waals surface area contributed by atoms with Crippen LogP contribution in [0.15, 0.2) is 53.3 Å². The first-order chi connectivity index (χ1) is 13.4. The van der Waals surface area contributed by atoms with E-state index in [9.17, 15) is 14.4 Å². The van der Waals surface area contributed by atoms with E-state index in [1.54, 1.807) is 43.3 Å². The number of aryl methyl sites for hydroxylation is 2. The third-order valence-electron chi connectivity index (χ3n) is 4.33. The average molecular weight is 379 g/mol. The van der Waals surface area contributed by atoms with Gasteiger partial charge in [-0.2, -0.15) is 5.10 Å². The first kappa shape index (κ1) is 19.3. The number of hydrogen-bond acceptors (Lipinski definition) is 5. The topological polar surface area (TPSA) is 90.3 Å². The quantitative estimate of drug-likeness (QED) is 0.689. The summed E-state index contributed by atoms with van der Waals surface area (Å²) in [5, 5.41) is 7.60. The highest BCUT2D eigenvalue weighted by Gasteiger charge is 2.23. The zero-order valence-corrected chi connectivity index (χ0v) is 15.9. The molecular formula is C21H21N3O4. The molecule has 0 saturated heterocycles. The normalized spacial score (nSPS) is 11.8. The standard InChI is InChI=1S/C21H21N3O4/c1-4-24-20(26)17-8-6-5-7-16(17)18(23-24)21(27)28-14(3)19(25)22-15-11-9-13(2)10-12-15/h5-12,14H,4H2,1-3H3,(H,22,25)/t14-/m1/s1. The molecule has 144 valence electrons. The van der Waals surface area contributed by atoms with Gasteiger partial charge in [-0.3, -0.25) is 9.59 Å². The summed E-state index contributed by atoms with van der Waals surface area (Å²) >= 11 is 0. The highest BCUT2D eigenvalue weighted by molar-refractivity contribution is 6.03. The van der Waals surface area contributed by atoms with Gasteiger partial charge in [0.25, 0.3) is 11.5 Å². The Labute approximate surface area is 161 Å². The summed E-state index contributed by atoms with van der Waals surface area (Å²) in [7, 11) is 0. The van der Waals surface area contributed by atoms with Crippen LogP contribution in [-0.2, 0) is 16.1 Å². The van der Waals surface area contributed by atoms with Crippen LogP contribution in [0.2, 0.25) is 0 Å². The summed E-state index contributed by atoms with van der Waals surface area (Å²) in [6.07, 6.45) is -1.03. The van der Waals surface area contributed by atoms with Crippen LogP contribution in [0, 0.1) is 6.92 Å². The van der Waals surface area contributed by atoms with E-state index in [0.717, 1.165) is 5.56 Å². The number of esters is 1. The van der Waals surface area contributed by atoms with Crippen molar-refractivity contribution in [3.8, 4) is 0 Å². The Balaban J connectivity index is 1.82. The lowest BCUT2D eigenvalue weighted by molar-refractivity contribution is -0.123. The van der Waals surface area contributed by atoms with E-state index in [2.05, 4.69) is 10.4 Å². The summed E-state index contributed by atoms with van der Waals surface area (Å²) in [5.74, 6) is -1.21. The number of carbonyl (C=O) groups is 2. The van der Waals surface area contributed by atoms with E-state index in [1.165, 1.54) is 11.6 Å². The highest BCUT2D eigenvalue weighted by Crippen LogP contribution is 2.16. The van der Waals surface area contributed by atoms with Crippen molar-refractivity contribution in [2.75, 3.05) is 5.32 Å². The molecule has 1 atom stereocenters. The number of carbonyl (C=O) groups excluding carboxylic acids is 2. The van der Waals surface area contributed by atoms with Crippen LogP contribution in [0.3, 0.4) is 0 Å². The molecular weight excluding hydrogens is 358 g/mol. The lowest BCUT2D eigenvalue weighted by Gasteiger charge is -2.15. The van der Waals surface area contributed by atoms with Gasteiger partial charge in [-0.25, -0.2) is 9.48 Å². The molecule has 0 saturated carbocycles. The van der Waals surface area contributed by atoms with Gasteiger partial charge in [0.15, 0.2) is 11.8 Å². The van der Waals surface area contributed by atoms with E-state index < -0.39 is 18.0 Å². The van der Waals surface area contributed by atoms with Gasteiger partial charge in [-0.1, -0.05) is 35.9 Å². The zero-order valence-electron chi connectivity index (χ0n) is 15.9. The number of benzene rings is 2. The molecule has 0 unspecified atom stereocenters. The summed E-state index contributed by atoms with van der Waals surface area (Å²) in [6, 6.07) is 14.0. The van der Waals surface area contributed by atoms with Gasteiger partial charge in [0, 0.05) is 17.6 Å². The third-order valence-corrected chi connectivity index (χ3v) is 4.33. The van der Waals surface area contributed by atoms with E-state index in [4.69, 9.17) is 4.74 Å². The van der Waals surface area contributed by atoms with E-state index in [1.807, 2.05) is 19.1 Å². The van der Waals surface area contributed by atoms with Gasteiger partial charge in [0.05, 0.1) is 5.39 Å². The molecule has 7 nitrogen and oxygen atoms in total. The molecule has 0 aliphatic carbocycles. The second-order valence-corrected chi connectivity index (χ2v) is 6.42.